The Morgan fingerprint density at radius 3 is 2.29 bits per heavy atom. The molecule has 2 N–H and O–H groups in total. The fraction of sp³-hybridized carbons (Fsp3) is 0.114. The average Bonchev–Trinajstić information content (AvgIpc) is 3.42. The zero-order valence-corrected chi connectivity index (χ0v) is 24.3. The molecule has 6 aromatic rings. The van der Waals surface area contributed by atoms with E-state index in [2.05, 4.69) is 15.5 Å². The summed E-state index contributed by atoms with van der Waals surface area (Å²) >= 11 is 0. The Balaban J connectivity index is 1.20. The summed E-state index contributed by atoms with van der Waals surface area (Å²) in [5, 5.41) is 17.5. The van der Waals surface area contributed by atoms with E-state index in [1.54, 1.807) is 48.5 Å². The Morgan fingerprint density at radius 1 is 0.911 bits per heavy atom. The Labute approximate surface area is 256 Å². The van der Waals surface area contributed by atoms with E-state index >= 15 is 8.78 Å². The second-order valence-electron chi connectivity index (χ2n) is 10.3. The van der Waals surface area contributed by atoms with E-state index in [0.717, 1.165) is 17.7 Å². The topological polar surface area (TPSA) is 107 Å². The second kappa shape index (κ2) is 12.6. The molecular formula is C35H27F2N3O5. The monoisotopic (exact) mass is 607 g/mol. The lowest BCUT2D eigenvalue weighted by Gasteiger charge is -2.15. The van der Waals surface area contributed by atoms with Crippen molar-refractivity contribution in [3.8, 4) is 34.1 Å². The third-order valence-electron chi connectivity index (χ3n) is 7.31. The van der Waals surface area contributed by atoms with Crippen LogP contribution in [0.4, 0.5) is 14.5 Å². The highest BCUT2D eigenvalue weighted by molar-refractivity contribution is 5.95. The summed E-state index contributed by atoms with van der Waals surface area (Å²) in [5.74, 6) is -4.03. The number of carboxylic acids is 1. The van der Waals surface area contributed by atoms with Gasteiger partial charge in [0.25, 0.3) is 0 Å². The second-order valence-corrected chi connectivity index (χ2v) is 10.3. The van der Waals surface area contributed by atoms with Crippen LogP contribution in [0.1, 0.15) is 34.6 Å². The number of carboxylic acid groups (broad SMARTS) is 1. The first-order valence-electron chi connectivity index (χ1n) is 14.1. The smallest absolute Gasteiger partial charge is 0.341 e. The average molecular weight is 608 g/mol. The predicted molar refractivity (Wildman–Crippen MR) is 165 cm³/mol. The van der Waals surface area contributed by atoms with Crippen LogP contribution in [0, 0.1) is 18.6 Å². The van der Waals surface area contributed by atoms with Crippen LogP contribution >= 0.6 is 0 Å². The maximum absolute atomic E-state index is 15.2. The molecule has 0 amide bonds. The predicted octanol–water partition coefficient (Wildman–Crippen LogP) is 8.78. The molecule has 0 spiro atoms. The van der Waals surface area contributed by atoms with Crippen LogP contribution in [0.2, 0.25) is 0 Å². The number of fused-ring (bicyclic) bond motifs is 1. The maximum Gasteiger partial charge on any atom is 0.341 e. The summed E-state index contributed by atoms with van der Waals surface area (Å²) in [4.78, 5) is 16.0. The number of hydrogen-bond donors (Lipinski definition) is 2. The number of halogens is 2. The molecule has 0 aliphatic rings. The van der Waals surface area contributed by atoms with Gasteiger partial charge in [0.1, 0.15) is 23.7 Å². The van der Waals surface area contributed by atoms with Crippen LogP contribution in [-0.4, -0.2) is 27.9 Å². The molecule has 0 fully saturated rings. The SMILES string of the molecule is Cc1noc(-c2ccc(-c3cc(F)c(Oc4nc5ccccc5cc4C(=O)O)c(F)c3)cc2)c1NCOC(C)c1ccccc1. The molecule has 4 aromatic carbocycles. The Bertz CT molecular complexity index is 1970. The first-order valence-corrected chi connectivity index (χ1v) is 14.1. The first-order chi connectivity index (χ1) is 21.8. The number of hydrogen-bond acceptors (Lipinski definition) is 7. The molecule has 0 saturated heterocycles. The Morgan fingerprint density at radius 2 is 1.58 bits per heavy atom. The summed E-state index contributed by atoms with van der Waals surface area (Å²) in [6, 6.07) is 27.1. The highest BCUT2D eigenvalue weighted by atomic mass is 19.1. The van der Waals surface area contributed by atoms with Crippen LogP contribution in [-0.2, 0) is 4.74 Å². The maximum atomic E-state index is 15.2. The van der Waals surface area contributed by atoms with Crippen molar-refractivity contribution in [3.05, 3.63) is 126 Å². The van der Waals surface area contributed by atoms with Crippen molar-refractivity contribution >= 4 is 22.6 Å². The van der Waals surface area contributed by atoms with E-state index in [9.17, 15) is 9.90 Å². The molecule has 226 valence electrons. The van der Waals surface area contributed by atoms with Crippen LogP contribution in [0.15, 0.2) is 102 Å². The zero-order valence-electron chi connectivity index (χ0n) is 24.3. The van der Waals surface area contributed by atoms with E-state index in [0.29, 0.717) is 39.2 Å². The molecule has 2 heterocycles. The number of nitrogens with one attached hydrogen (secondary N) is 1. The van der Waals surface area contributed by atoms with Gasteiger partial charge in [0, 0.05) is 10.9 Å². The molecule has 0 aliphatic heterocycles. The van der Waals surface area contributed by atoms with Crippen molar-refractivity contribution in [2.75, 3.05) is 12.0 Å². The van der Waals surface area contributed by atoms with Gasteiger partial charge in [-0.25, -0.2) is 18.6 Å². The third kappa shape index (κ3) is 6.22. The van der Waals surface area contributed by atoms with Gasteiger partial charge in [-0.2, -0.15) is 0 Å². The number of pyridine rings is 1. The van der Waals surface area contributed by atoms with Gasteiger partial charge in [-0.05, 0) is 54.8 Å². The summed E-state index contributed by atoms with van der Waals surface area (Å²) in [6.07, 6.45) is -0.123. The molecule has 1 atom stereocenters. The molecule has 0 saturated carbocycles. The molecule has 45 heavy (non-hydrogen) atoms. The van der Waals surface area contributed by atoms with E-state index < -0.39 is 29.2 Å². The highest BCUT2D eigenvalue weighted by Gasteiger charge is 2.21. The summed E-state index contributed by atoms with van der Waals surface area (Å²) in [6.45, 7) is 4.00. The summed E-state index contributed by atoms with van der Waals surface area (Å²) in [7, 11) is 0. The normalized spacial score (nSPS) is 11.8. The standard InChI is InChI=1S/C35H27F2N3O5/c1-20-31(38-19-43-21(2)22-8-4-3-5-9-22)32(45-40-20)24-14-12-23(13-15-24)26-17-28(36)33(29(37)18-26)44-34-27(35(41)42)16-25-10-6-7-11-30(25)39-34/h3-18,21,38H,19H2,1-2H3,(H,41,42). The lowest BCUT2D eigenvalue weighted by molar-refractivity contribution is 0.0693. The van der Waals surface area contributed by atoms with Gasteiger partial charge in [0.15, 0.2) is 17.4 Å². The molecule has 0 radical (unpaired) electrons. The van der Waals surface area contributed by atoms with E-state index in [4.69, 9.17) is 14.0 Å². The fourth-order valence-corrected chi connectivity index (χ4v) is 4.90. The lowest BCUT2D eigenvalue weighted by Crippen LogP contribution is -2.10. The minimum Gasteiger partial charge on any atom is -0.477 e. The van der Waals surface area contributed by atoms with Crippen molar-refractivity contribution in [1.82, 2.24) is 10.1 Å². The number of aryl methyl sites for hydroxylation is 1. The largest absolute Gasteiger partial charge is 0.477 e. The minimum atomic E-state index is -1.34. The number of aromatic carboxylic acids is 1. The summed E-state index contributed by atoms with van der Waals surface area (Å²) < 4.78 is 47.4. The summed E-state index contributed by atoms with van der Waals surface area (Å²) in [5.41, 5.74) is 3.96. The highest BCUT2D eigenvalue weighted by Crippen LogP contribution is 2.36. The van der Waals surface area contributed by atoms with Gasteiger partial charge in [-0.3, -0.25) is 0 Å². The molecule has 0 aliphatic carbocycles. The van der Waals surface area contributed by atoms with Gasteiger partial charge in [0.2, 0.25) is 11.6 Å². The van der Waals surface area contributed by atoms with Crippen molar-refractivity contribution < 1.29 is 32.7 Å². The van der Waals surface area contributed by atoms with Gasteiger partial charge in [-0.15, -0.1) is 0 Å². The molecule has 0 bridgehead atoms. The van der Waals surface area contributed by atoms with Crippen LogP contribution < -0.4 is 10.1 Å². The zero-order chi connectivity index (χ0) is 31.5. The third-order valence-corrected chi connectivity index (χ3v) is 7.31. The van der Waals surface area contributed by atoms with Crippen molar-refractivity contribution in [2.45, 2.75) is 20.0 Å². The van der Waals surface area contributed by atoms with E-state index in [1.807, 2.05) is 44.2 Å². The van der Waals surface area contributed by atoms with Gasteiger partial charge < -0.3 is 24.4 Å². The number of nitrogens with zero attached hydrogens (tertiary/aromatic N) is 2. The molecule has 1 unspecified atom stereocenters. The number of para-hydroxylation sites is 1. The number of anilines is 1. The van der Waals surface area contributed by atoms with E-state index in [1.165, 1.54) is 6.07 Å². The van der Waals surface area contributed by atoms with Crippen molar-refractivity contribution in [1.29, 1.82) is 0 Å². The quantitative estimate of drug-likeness (QED) is 0.149. The number of ether oxygens (including phenoxy) is 2. The van der Waals surface area contributed by atoms with E-state index in [-0.39, 0.29) is 24.0 Å². The van der Waals surface area contributed by atoms with Crippen LogP contribution in [0.3, 0.4) is 0 Å². The molecular weight excluding hydrogens is 580 g/mol. The Hall–Kier alpha value is -5.61. The van der Waals surface area contributed by atoms with Gasteiger partial charge in [-0.1, -0.05) is 78.0 Å². The van der Waals surface area contributed by atoms with Crippen LogP contribution in [0.25, 0.3) is 33.4 Å². The number of aromatic nitrogens is 2. The van der Waals surface area contributed by atoms with Gasteiger partial charge >= 0.3 is 5.97 Å². The van der Waals surface area contributed by atoms with Gasteiger partial charge in [0.05, 0.1) is 11.6 Å². The van der Waals surface area contributed by atoms with Crippen molar-refractivity contribution in [2.24, 2.45) is 0 Å². The first kappa shape index (κ1) is 29.5. The van der Waals surface area contributed by atoms with Crippen LogP contribution in [0.5, 0.6) is 11.6 Å². The number of benzene rings is 4. The Kier molecular flexibility index (Phi) is 8.22. The fourth-order valence-electron chi connectivity index (χ4n) is 4.90. The molecule has 10 heteroatoms. The molecule has 8 nitrogen and oxygen atoms in total. The van der Waals surface area contributed by atoms with Crippen molar-refractivity contribution in [3.63, 3.8) is 0 Å². The lowest BCUT2D eigenvalue weighted by atomic mass is 10.0. The minimum absolute atomic E-state index is 0.123. The number of rotatable bonds is 10. The molecule has 6 rings (SSSR count). The number of carbonyl (C=O) groups is 1. The molecule has 2 aromatic heterocycles.